The van der Waals surface area contributed by atoms with Gasteiger partial charge in [-0.3, -0.25) is 4.99 Å². The monoisotopic (exact) mass is 358 g/mol. The molecule has 0 aliphatic carbocycles. The summed E-state index contributed by atoms with van der Waals surface area (Å²) in [7, 11) is 3.74. The number of aryl methyl sites for hydroxylation is 2. The van der Waals surface area contributed by atoms with E-state index in [1.165, 1.54) is 11.1 Å². The average molecular weight is 358 g/mol. The lowest BCUT2D eigenvalue weighted by Crippen LogP contribution is -2.40. The summed E-state index contributed by atoms with van der Waals surface area (Å²) in [6.07, 6.45) is 2.65. The smallest absolute Gasteiger partial charge is 0.194 e. The normalized spacial score (nSPS) is 11.6. The third kappa shape index (κ3) is 6.15. The van der Waals surface area contributed by atoms with Gasteiger partial charge in [0.2, 0.25) is 0 Å². The Morgan fingerprint density at radius 1 is 1.31 bits per heavy atom. The van der Waals surface area contributed by atoms with Crippen LogP contribution in [0.1, 0.15) is 23.9 Å². The van der Waals surface area contributed by atoms with Crippen LogP contribution in [0.2, 0.25) is 0 Å². The van der Waals surface area contributed by atoms with Crippen LogP contribution in [0.25, 0.3) is 0 Å². The van der Waals surface area contributed by atoms with Crippen LogP contribution < -0.4 is 5.32 Å². The molecule has 7 nitrogen and oxygen atoms in total. The van der Waals surface area contributed by atoms with E-state index in [0.29, 0.717) is 13.2 Å². The molecule has 0 amide bonds. The third-order valence-corrected chi connectivity index (χ3v) is 4.11. The van der Waals surface area contributed by atoms with Crippen LogP contribution in [0.3, 0.4) is 0 Å². The van der Waals surface area contributed by atoms with Crippen LogP contribution in [0.15, 0.2) is 35.6 Å². The Morgan fingerprint density at radius 3 is 2.77 bits per heavy atom. The molecule has 142 valence electrons. The number of aliphatic imine (C=N–C) groups is 1. The number of aromatic nitrogens is 3. The number of ether oxygens (including phenoxy) is 1. The lowest BCUT2D eigenvalue weighted by Gasteiger charge is -2.23. The molecule has 0 saturated carbocycles. The van der Waals surface area contributed by atoms with Crippen LogP contribution in [0, 0.1) is 6.92 Å². The molecule has 2 rings (SSSR count). The lowest BCUT2D eigenvalue weighted by atomic mass is 10.1. The predicted molar refractivity (Wildman–Crippen MR) is 104 cm³/mol. The van der Waals surface area contributed by atoms with E-state index in [-0.39, 0.29) is 0 Å². The van der Waals surface area contributed by atoms with E-state index in [4.69, 9.17) is 4.74 Å². The van der Waals surface area contributed by atoms with Crippen molar-refractivity contribution in [2.24, 2.45) is 4.99 Å². The first-order valence-electron chi connectivity index (χ1n) is 9.04. The van der Waals surface area contributed by atoms with Gasteiger partial charge in [0.15, 0.2) is 5.96 Å². The number of methoxy groups -OCH3 is 1. The van der Waals surface area contributed by atoms with Gasteiger partial charge in [-0.1, -0.05) is 36.8 Å². The number of nitrogens with one attached hydrogen (secondary N) is 1. The predicted octanol–water partition coefficient (Wildman–Crippen LogP) is 1.87. The molecule has 0 spiro atoms. The fraction of sp³-hybridized carbons (Fsp3) is 0.526. The molecule has 0 bridgehead atoms. The Balaban J connectivity index is 1.95. The highest BCUT2D eigenvalue weighted by molar-refractivity contribution is 5.79. The topological polar surface area (TPSA) is 67.6 Å². The summed E-state index contributed by atoms with van der Waals surface area (Å²) in [5, 5.41) is 11.5. The van der Waals surface area contributed by atoms with Crippen molar-refractivity contribution >= 4 is 5.96 Å². The zero-order valence-electron chi connectivity index (χ0n) is 16.3. The first-order chi connectivity index (χ1) is 12.6. The summed E-state index contributed by atoms with van der Waals surface area (Å²) in [6, 6.07) is 8.58. The van der Waals surface area contributed by atoms with Crippen LogP contribution in [-0.2, 0) is 24.2 Å². The molecule has 1 aromatic heterocycles. The number of benzene rings is 1. The van der Waals surface area contributed by atoms with Gasteiger partial charge in [-0.25, -0.2) is 0 Å². The Morgan fingerprint density at radius 2 is 2.08 bits per heavy atom. The molecule has 0 saturated heterocycles. The van der Waals surface area contributed by atoms with Crippen molar-refractivity contribution in [3.8, 4) is 0 Å². The summed E-state index contributed by atoms with van der Waals surface area (Å²) in [5.41, 5.74) is 2.52. The molecule has 0 atom stereocenters. The molecule has 26 heavy (non-hydrogen) atoms. The van der Waals surface area contributed by atoms with Crippen molar-refractivity contribution in [1.29, 1.82) is 0 Å². The molecule has 2 aromatic rings. The highest BCUT2D eigenvalue weighted by atomic mass is 16.5. The molecule has 0 aliphatic rings. The number of guanidine groups is 1. The minimum absolute atomic E-state index is 0.606. The summed E-state index contributed by atoms with van der Waals surface area (Å²) in [6.45, 7) is 7.78. The van der Waals surface area contributed by atoms with Crippen LogP contribution in [0.5, 0.6) is 0 Å². The van der Waals surface area contributed by atoms with E-state index < -0.39 is 0 Å². The standard InChI is InChI=1S/C19H30N6O/c1-5-18-23-22-15-25(18)12-10-20-19(21-11-13-26-4)24(3)14-17-8-6-16(2)7-9-17/h6-9,15H,5,10-14H2,1-4H3,(H,20,21). The molecule has 7 heteroatoms. The maximum absolute atomic E-state index is 5.12. The summed E-state index contributed by atoms with van der Waals surface area (Å²) in [5.74, 6) is 1.87. The quantitative estimate of drug-likeness (QED) is 0.421. The van der Waals surface area contributed by atoms with Gasteiger partial charge >= 0.3 is 0 Å². The summed E-state index contributed by atoms with van der Waals surface area (Å²) >= 11 is 0. The molecule has 0 aliphatic heterocycles. The second-order valence-corrected chi connectivity index (χ2v) is 6.26. The fourth-order valence-corrected chi connectivity index (χ4v) is 2.62. The van der Waals surface area contributed by atoms with Crippen molar-refractivity contribution in [3.05, 3.63) is 47.5 Å². The van der Waals surface area contributed by atoms with E-state index >= 15 is 0 Å². The second kappa shape index (κ2) is 10.6. The number of hydrogen-bond acceptors (Lipinski definition) is 4. The lowest BCUT2D eigenvalue weighted by molar-refractivity contribution is 0.207. The fourth-order valence-electron chi connectivity index (χ4n) is 2.62. The van der Waals surface area contributed by atoms with E-state index in [2.05, 4.69) is 75.1 Å². The zero-order valence-corrected chi connectivity index (χ0v) is 16.3. The van der Waals surface area contributed by atoms with Gasteiger partial charge in [-0.2, -0.15) is 0 Å². The summed E-state index contributed by atoms with van der Waals surface area (Å²) in [4.78, 5) is 6.79. The van der Waals surface area contributed by atoms with Crippen molar-refractivity contribution in [2.75, 3.05) is 33.9 Å². The Kier molecular flexibility index (Phi) is 8.08. The van der Waals surface area contributed by atoms with Crippen LogP contribution >= 0.6 is 0 Å². The molecule has 1 N–H and O–H groups in total. The molecule has 1 aromatic carbocycles. The van der Waals surface area contributed by atoms with E-state index in [9.17, 15) is 0 Å². The van der Waals surface area contributed by atoms with Crippen LogP contribution in [0.4, 0.5) is 0 Å². The Labute approximate surface area is 156 Å². The number of hydrogen-bond donors (Lipinski definition) is 1. The van der Waals surface area contributed by atoms with Gasteiger partial charge in [0.05, 0.1) is 13.2 Å². The number of rotatable bonds is 9. The largest absolute Gasteiger partial charge is 0.383 e. The molecule has 1 heterocycles. The van der Waals surface area contributed by atoms with Crippen molar-refractivity contribution < 1.29 is 4.74 Å². The average Bonchev–Trinajstić information content (AvgIpc) is 3.10. The van der Waals surface area contributed by atoms with Crippen molar-refractivity contribution in [2.45, 2.75) is 33.4 Å². The molecular weight excluding hydrogens is 328 g/mol. The van der Waals surface area contributed by atoms with Gasteiger partial charge in [-0.15, -0.1) is 10.2 Å². The maximum Gasteiger partial charge on any atom is 0.194 e. The van der Waals surface area contributed by atoms with Gasteiger partial charge in [0, 0.05) is 40.2 Å². The second-order valence-electron chi connectivity index (χ2n) is 6.26. The van der Waals surface area contributed by atoms with E-state index in [1.807, 2.05) is 0 Å². The maximum atomic E-state index is 5.12. The van der Waals surface area contributed by atoms with Crippen molar-refractivity contribution in [3.63, 3.8) is 0 Å². The first-order valence-corrected chi connectivity index (χ1v) is 9.04. The Bertz CT molecular complexity index is 680. The van der Waals surface area contributed by atoms with Crippen LogP contribution in [-0.4, -0.2) is 59.5 Å². The van der Waals surface area contributed by atoms with Gasteiger partial charge in [-0.05, 0) is 12.5 Å². The SMILES string of the molecule is CCc1nncn1CCNC(=NCCOC)N(C)Cc1ccc(C)cc1. The molecule has 0 fully saturated rings. The summed E-state index contributed by atoms with van der Waals surface area (Å²) < 4.78 is 7.19. The Hall–Kier alpha value is -2.41. The highest BCUT2D eigenvalue weighted by Crippen LogP contribution is 2.06. The first kappa shape index (κ1) is 19.9. The minimum Gasteiger partial charge on any atom is -0.383 e. The van der Waals surface area contributed by atoms with Gasteiger partial charge in [0.1, 0.15) is 12.2 Å². The number of nitrogens with zero attached hydrogens (tertiary/aromatic N) is 5. The highest BCUT2D eigenvalue weighted by Gasteiger charge is 2.08. The molecular formula is C19H30N6O. The molecule has 0 radical (unpaired) electrons. The molecule has 0 unspecified atom stereocenters. The minimum atomic E-state index is 0.606. The zero-order chi connectivity index (χ0) is 18.8. The van der Waals surface area contributed by atoms with E-state index in [1.54, 1.807) is 13.4 Å². The third-order valence-electron chi connectivity index (χ3n) is 4.11. The van der Waals surface area contributed by atoms with Crippen molar-refractivity contribution in [1.82, 2.24) is 25.0 Å². The van der Waals surface area contributed by atoms with E-state index in [0.717, 1.165) is 37.8 Å². The van der Waals surface area contributed by atoms with Gasteiger partial charge in [0.25, 0.3) is 0 Å². The van der Waals surface area contributed by atoms with Gasteiger partial charge < -0.3 is 19.5 Å².